The predicted molar refractivity (Wildman–Crippen MR) is 61.3 cm³/mol. The molecule has 1 aromatic rings. The van der Waals surface area contributed by atoms with Crippen molar-refractivity contribution >= 4 is 17.5 Å². The molecule has 0 spiro atoms. The molecule has 1 heterocycles. The van der Waals surface area contributed by atoms with Gasteiger partial charge in [-0.3, -0.25) is 4.79 Å². The van der Waals surface area contributed by atoms with Crippen LogP contribution in [0.15, 0.2) is 18.2 Å². The van der Waals surface area contributed by atoms with Crippen LogP contribution in [0.3, 0.4) is 0 Å². The van der Waals surface area contributed by atoms with Gasteiger partial charge in [0.25, 0.3) is 5.91 Å². The summed E-state index contributed by atoms with van der Waals surface area (Å²) in [5.74, 6) is 0.0793. The number of carbonyl (C=O) groups excluding carboxylic acids is 1. The van der Waals surface area contributed by atoms with E-state index >= 15 is 0 Å². The molecular weight excluding hydrogens is 210 g/mol. The zero-order chi connectivity index (χ0) is 10.8. The summed E-state index contributed by atoms with van der Waals surface area (Å²) in [6.45, 7) is 3.65. The van der Waals surface area contributed by atoms with Gasteiger partial charge in [-0.1, -0.05) is 23.7 Å². The van der Waals surface area contributed by atoms with Crippen LogP contribution in [0.25, 0.3) is 0 Å². The first kappa shape index (κ1) is 10.5. The molecule has 1 fully saturated rings. The molecule has 0 N–H and O–H groups in total. The van der Waals surface area contributed by atoms with E-state index in [1.807, 2.05) is 24.0 Å². The van der Waals surface area contributed by atoms with Gasteiger partial charge in [-0.15, -0.1) is 0 Å². The van der Waals surface area contributed by atoms with Crippen molar-refractivity contribution in [1.29, 1.82) is 0 Å². The highest BCUT2D eigenvalue weighted by Gasteiger charge is 2.22. The Labute approximate surface area is 94.8 Å². The number of aryl methyl sites for hydroxylation is 1. The quantitative estimate of drug-likeness (QED) is 0.717. The molecule has 0 atom stereocenters. The number of likely N-dealkylation sites (tertiary alicyclic amines) is 1. The van der Waals surface area contributed by atoms with Crippen LogP contribution in [0.5, 0.6) is 0 Å². The van der Waals surface area contributed by atoms with E-state index in [1.54, 1.807) is 6.07 Å². The summed E-state index contributed by atoms with van der Waals surface area (Å²) in [6, 6.07) is 5.57. The Morgan fingerprint density at radius 1 is 1.33 bits per heavy atom. The first-order valence-corrected chi connectivity index (χ1v) is 5.62. The lowest BCUT2D eigenvalue weighted by molar-refractivity contribution is 0.0792. The highest BCUT2D eigenvalue weighted by Crippen LogP contribution is 2.23. The topological polar surface area (TPSA) is 20.3 Å². The van der Waals surface area contributed by atoms with Gasteiger partial charge in [0.15, 0.2) is 0 Å². The maximum atomic E-state index is 12.1. The molecule has 0 saturated carbocycles. The number of hydrogen-bond acceptors (Lipinski definition) is 1. The van der Waals surface area contributed by atoms with Crippen molar-refractivity contribution in [2.45, 2.75) is 19.8 Å². The van der Waals surface area contributed by atoms with Crippen molar-refractivity contribution in [2.24, 2.45) is 0 Å². The van der Waals surface area contributed by atoms with Crippen LogP contribution in [0.1, 0.15) is 28.8 Å². The summed E-state index contributed by atoms with van der Waals surface area (Å²) >= 11 is 6.06. The van der Waals surface area contributed by atoms with Crippen LogP contribution in [-0.4, -0.2) is 23.9 Å². The summed E-state index contributed by atoms with van der Waals surface area (Å²) in [7, 11) is 0. The molecule has 1 aromatic carbocycles. The fraction of sp³-hybridized carbons (Fsp3) is 0.417. The number of rotatable bonds is 1. The van der Waals surface area contributed by atoms with E-state index in [0.717, 1.165) is 31.5 Å². The lowest BCUT2D eigenvalue weighted by Gasteiger charge is -2.17. The fourth-order valence-electron chi connectivity index (χ4n) is 1.98. The zero-order valence-corrected chi connectivity index (χ0v) is 9.55. The molecule has 80 valence electrons. The maximum absolute atomic E-state index is 12.1. The number of carbonyl (C=O) groups is 1. The third-order valence-corrected chi connectivity index (χ3v) is 3.14. The van der Waals surface area contributed by atoms with Gasteiger partial charge in [0.1, 0.15) is 0 Å². The number of amides is 1. The monoisotopic (exact) mass is 223 g/mol. The van der Waals surface area contributed by atoms with Crippen LogP contribution < -0.4 is 0 Å². The molecule has 1 aliphatic heterocycles. The van der Waals surface area contributed by atoms with Gasteiger partial charge in [0.2, 0.25) is 0 Å². The number of halogens is 1. The second-order valence-electron chi connectivity index (χ2n) is 3.93. The van der Waals surface area contributed by atoms with Crippen molar-refractivity contribution in [3.63, 3.8) is 0 Å². The molecule has 0 bridgehead atoms. The van der Waals surface area contributed by atoms with Gasteiger partial charge >= 0.3 is 0 Å². The molecular formula is C12H14ClNO. The fourth-order valence-corrected chi connectivity index (χ4v) is 2.28. The first-order chi connectivity index (χ1) is 7.20. The molecule has 15 heavy (non-hydrogen) atoms. The second kappa shape index (κ2) is 4.23. The van der Waals surface area contributed by atoms with E-state index in [0.29, 0.717) is 10.6 Å². The average Bonchev–Trinajstić information content (AvgIpc) is 2.69. The van der Waals surface area contributed by atoms with Gasteiger partial charge in [-0.05, 0) is 31.4 Å². The zero-order valence-electron chi connectivity index (χ0n) is 8.79. The van der Waals surface area contributed by atoms with Gasteiger partial charge in [-0.2, -0.15) is 0 Å². The van der Waals surface area contributed by atoms with Crippen molar-refractivity contribution in [1.82, 2.24) is 4.90 Å². The summed E-state index contributed by atoms with van der Waals surface area (Å²) in [6.07, 6.45) is 2.21. The third-order valence-electron chi connectivity index (χ3n) is 2.83. The van der Waals surface area contributed by atoms with Crippen LogP contribution in [-0.2, 0) is 0 Å². The van der Waals surface area contributed by atoms with E-state index in [2.05, 4.69) is 0 Å². The van der Waals surface area contributed by atoms with E-state index < -0.39 is 0 Å². The van der Waals surface area contributed by atoms with E-state index in [1.165, 1.54) is 0 Å². The summed E-state index contributed by atoms with van der Waals surface area (Å²) < 4.78 is 0. The Hall–Kier alpha value is -1.02. The largest absolute Gasteiger partial charge is 0.339 e. The van der Waals surface area contributed by atoms with Crippen LogP contribution in [0.2, 0.25) is 5.02 Å². The van der Waals surface area contributed by atoms with E-state index in [4.69, 9.17) is 11.6 Å². The lowest BCUT2D eigenvalue weighted by atomic mass is 10.1. The number of nitrogens with zero attached hydrogens (tertiary/aromatic N) is 1. The Bertz CT molecular complexity index is 363. The molecule has 0 radical (unpaired) electrons. The number of benzene rings is 1. The minimum Gasteiger partial charge on any atom is -0.339 e. The maximum Gasteiger partial charge on any atom is 0.255 e. The van der Waals surface area contributed by atoms with Crippen molar-refractivity contribution in [3.05, 3.63) is 34.3 Å². The Balaban J connectivity index is 2.32. The third kappa shape index (κ3) is 2.00. The Morgan fingerprint density at radius 2 is 2.00 bits per heavy atom. The summed E-state index contributed by atoms with van der Waals surface area (Å²) in [4.78, 5) is 14.0. The normalized spacial score (nSPS) is 15.7. The molecule has 1 aliphatic rings. The standard InChI is InChI=1S/C12H14ClNO/c1-9-5-4-6-10(13)11(9)12(15)14-7-2-3-8-14/h4-6H,2-3,7-8H2,1H3. The molecule has 0 unspecified atom stereocenters. The predicted octanol–water partition coefficient (Wildman–Crippen LogP) is 2.88. The Kier molecular flexibility index (Phi) is 2.96. The van der Waals surface area contributed by atoms with E-state index in [9.17, 15) is 4.79 Å². The molecule has 0 aromatic heterocycles. The lowest BCUT2D eigenvalue weighted by Crippen LogP contribution is -2.28. The highest BCUT2D eigenvalue weighted by atomic mass is 35.5. The van der Waals surface area contributed by atoms with Crippen LogP contribution in [0, 0.1) is 6.92 Å². The highest BCUT2D eigenvalue weighted by molar-refractivity contribution is 6.34. The van der Waals surface area contributed by atoms with Gasteiger partial charge in [-0.25, -0.2) is 0 Å². The van der Waals surface area contributed by atoms with Gasteiger partial charge in [0.05, 0.1) is 10.6 Å². The SMILES string of the molecule is Cc1cccc(Cl)c1C(=O)N1CCCC1. The number of hydrogen-bond donors (Lipinski definition) is 0. The molecule has 3 heteroatoms. The van der Waals surface area contributed by atoms with E-state index in [-0.39, 0.29) is 5.91 Å². The van der Waals surface area contributed by atoms with Crippen molar-refractivity contribution in [3.8, 4) is 0 Å². The first-order valence-electron chi connectivity index (χ1n) is 5.24. The van der Waals surface area contributed by atoms with Crippen molar-refractivity contribution in [2.75, 3.05) is 13.1 Å². The summed E-state index contributed by atoms with van der Waals surface area (Å²) in [5, 5.41) is 0.562. The molecule has 2 nitrogen and oxygen atoms in total. The van der Waals surface area contributed by atoms with Crippen molar-refractivity contribution < 1.29 is 4.79 Å². The van der Waals surface area contributed by atoms with Crippen LogP contribution in [0.4, 0.5) is 0 Å². The Morgan fingerprint density at radius 3 is 2.60 bits per heavy atom. The smallest absolute Gasteiger partial charge is 0.255 e. The molecule has 1 saturated heterocycles. The second-order valence-corrected chi connectivity index (χ2v) is 4.34. The molecule has 2 rings (SSSR count). The molecule has 0 aliphatic carbocycles. The molecule has 1 amide bonds. The van der Waals surface area contributed by atoms with Crippen LogP contribution >= 0.6 is 11.6 Å². The van der Waals surface area contributed by atoms with Gasteiger partial charge in [0, 0.05) is 13.1 Å². The average molecular weight is 224 g/mol. The summed E-state index contributed by atoms with van der Waals surface area (Å²) in [5.41, 5.74) is 1.63. The van der Waals surface area contributed by atoms with Gasteiger partial charge < -0.3 is 4.90 Å². The minimum absolute atomic E-state index is 0.0793. The minimum atomic E-state index is 0.0793.